The highest BCUT2D eigenvalue weighted by atomic mass is 32.2. The molecule has 5 heterocycles. The fourth-order valence-electron chi connectivity index (χ4n) is 21.3. The Labute approximate surface area is 801 Å². The summed E-state index contributed by atoms with van der Waals surface area (Å²) in [6.07, 6.45) is -3.57. The number of nitrogens with zero attached hydrogens (tertiary/aromatic N) is 4. The van der Waals surface area contributed by atoms with Gasteiger partial charge in [0.2, 0.25) is 0 Å². The van der Waals surface area contributed by atoms with Gasteiger partial charge in [-0.3, -0.25) is 9.97 Å². The van der Waals surface area contributed by atoms with E-state index in [1.54, 1.807) is 18.3 Å². The average Bonchev–Trinajstić information content (AvgIpc) is 1.50. The van der Waals surface area contributed by atoms with Crippen molar-refractivity contribution < 1.29 is 61.4 Å². The van der Waals surface area contributed by atoms with Gasteiger partial charge in [-0.15, -0.1) is 0 Å². The molecule has 25 rings (SSSR count). The Morgan fingerprint density at radius 3 is 1.03 bits per heavy atom. The molecule has 16 aromatic carbocycles. The van der Waals surface area contributed by atoms with Crippen molar-refractivity contribution in [1.29, 1.82) is 0 Å². The predicted molar refractivity (Wildman–Crippen MR) is 537 cm³/mol. The molecule has 4 aliphatic carbocycles. The summed E-state index contributed by atoms with van der Waals surface area (Å²) in [6.45, 7) is 8.29. The zero-order valence-corrected chi connectivity index (χ0v) is 76.3. The molecule has 0 bridgehead atoms. The second kappa shape index (κ2) is 33.0. The minimum Gasteiger partial charge on any atom is -0.399 e. The van der Waals surface area contributed by atoms with Gasteiger partial charge in [0.15, 0.2) is 0 Å². The van der Waals surface area contributed by atoms with Crippen LogP contribution in [0.15, 0.2) is 413 Å². The quantitative estimate of drug-likeness (QED) is 0.0632. The number of aromatic nitrogens is 4. The lowest BCUT2D eigenvalue weighted by Crippen LogP contribution is -2.63. The first-order chi connectivity index (χ1) is 67.5. The maximum absolute atomic E-state index is 14.3. The first kappa shape index (κ1) is 88.3. The van der Waals surface area contributed by atoms with Crippen molar-refractivity contribution in [2.45, 2.75) is 73.0 Å². The van der Waals surface area contributed by atoms with Crippen LogP contribution in [0, 0.1) is 0 Å². The summed E-state index contributed by atoms with van der Waals surface area (Å²) in [5.41, 5.74) is 35.1. The molecule has 4 aromatic heterocycles. The zero-order chi connectivity index (χ0) is 96.2. The molecular formula is C120H80BF9N4O5S. The molecule has 2 spiro atoms. The van der Waals surface area contributed by atoms with E-state index in [2.05, 4.69) is 291 Å². The monoisotopic (exact) mass is 1870 g/mol. The van der Waals surface area contributed by atoms with Crippen molar-refractivity contribution in [3.63, 3.8) is 0 Å². The fraction of sp³-hybridized carbons (Fsp3) is 0.100. The molecule has 9 nitrogen and oxygen atoms in total. The third-order valence-electron chi connectivity index (χ3n) is 28.5. The molecule has 1 fully saturated rings. The van der Waals surface area contributed by atoms with Crippen molar-refractivity contribution in [2.75, 3.05) is 0 Å². The van der Waals surface area contributed by atoms with Crippen LogP contribution in [0.1, 0.15) is 72.2 Å². The number of hydrogen-bond acceptors (Lipinski definition) is 9. The highest BCUT2D eigenvalue weighted by Crippen LogP contribution is 2.67. The van der Waals surface area contributed by atoms with Crippen molar-refractivity contribution in [2.24, 2.45) is 0 Å². The molecular weight excluding hydrogens is 1790 g/mol. The van der Waals surface area contributed by atoms with Crippen LogP contribution < -0.4 is 9.65 Å². The number of para-hydroxylation sites is 2. The summed E-state index contributed by atoms with van der Waals surface area (Å²) >= 11 is 0. The van der Waals surface area contributed by atoms with E-state index in [-0.39, 0.29) is 29.1 Å². The van der Waals surface area contributed by atoms with E-state index in [0.717, 1.165) is 135 Å². The Hall–Kier alpha value is -15.7. The van der Waals surface area contributed by atoms with Gasteiger partial charge in [0.25, 0.3) is 0 Å². The molecule has 682 valence electrons. The van der Waals surface area contributed by atoms with Crippen LogP contribution in [-0.2, 0) is 30.3 Å². The lowest BCUT2D eigenvalue weighted by atomic mass is 9.70. The van der Waals surface area contributed by atoms with Crippen LogP contribution in [0.2, 0.25) is 0 Å². The molecule has 0 saturated carbocycles. The van der Waals surface area contributed by atoms with E-state index in [0.29, 0.717) is 10.9 Å². The van der Waals surface area contributed by atoms with E-state index >= 15 is 0 Å². The highest BCUT2D eigenvalue weighted by molar-refractivity contribution is 7.88. The summed E-state index contributed by atoms with van der Waals surface area (Å²) in [5.74, 6) is -15.8. The molecule has 20 heteroatoms. The second-order valence-electron chi connectivity index (χ2n) is 36.8. The molecule has 0 atom stereocenters. The van der Waals surface area contributed by atoms with Gasteiger partial charge in [-0.2, -0.15) is 47.9 Å². The molecule has 0 unspecified atom stereocenters. The minimum atomic E-state index is -7.40. The van der Waals surface area contributed by atoms with E-state index in [4.69, 9.17) is 19.3 Å². The summed E-state index contributed by atoms with van der Waals surface area (Å²) in [5, 5.41) is -1.69. The Morgan fingerprint density at radius 2 is 0.614 bits per heavy atom. The SMILES string of the molecule is CC1(C)OB(c2ccc(-c3cc(-c4ccccn4)nc4ccccc34)cc2)OC1(C)C.O=S(=O)(Oc1ccc2cc(-c3cccc4c3-c3ccccc3C43c4ccccc4-c4ccccc43)ccc2c1)C(F)(F)C(F)(F)C(F)(F)C(F)(F)F.c1ccc(-c2cc(-c3ccc(-c4ccc5cc(-c6cccc7c6-c6ccccc6C76c7ccccc7-c7ccccc76)ccc5c4)cc3)c3ccccc3n2)nc1. The minimum absolute atomic E-state index is 0.162. The van der Waals surface area contributed by atoms with Gasteiger partial charge >= 0.3 is 40.5 Å². The molecule has 0 radical (unpaired) electrons. The maximum Gasteiger partial charge on any atom is 0.494 e. The van der Waals surface area contributed by atoms with E-state index in [1.165, 1.54) is 89.7 Å². The van der Waals surface area contributed by atoms with Crippen molar-refractivity contribution in [3.8, 4) is 129 Å². The number of benzene rings is 16. The van der Waals surface area contributed by atoms with Gasteiger partial charge in [-0.25, -0.2) is 9.97 Å². The van der Waals surface area contributed by atoms with E-state index in [9.17, 15) is 47.9 Å². The Morgan fingerprint density at radius 1 is 0.286 bits per heavy atom. The fourth-order valence-corrected chi connectivity index (χ4v) is 22.2. The van der Waals surface area contributed by atoms with Crippen LogP contribution in [0.3, 0.4) is 0 Å². The van der Waals surface area contributed by atoms with Gasteiger partial charge < -0.3 is 13.5 Å². The highest BCUT2D eigenvalue weighted by Gasteiger charge is 2.86. The predicted octanol–water partition coefficient (Wildman–Crippen LogP) is 30.0. The second-order valence-corrected chi connectivity index (χ2v) is 38.4. The van der Waals surface area contributed by atoms with Crippen LogP contribution >= 0.6 is 0 Å². The van der Waals surface area contributed by atoms with Crippen molar-refractivity contribution in [3.05, 3.63) is 457 Å². The molecule has 0 amide bonds. The number of fused-ring (bicyclic) bond motifs is 24. The molecule has 140 heavy (non-hydrogen) atoms. The standard InChI is InChI=1S/C55H34N2.C39H21F9O3S.C26H25BN2O2/c1-5-17-47-42(12-1)43-13-2-6-18-48(43)55(47)49-19-7-3-15-45(49)54-41(16-11-20-50(54)55)40-30-29-38-32-37(27-28-39(38)33-40)35-23-25-36(26-24-35)46-34-53(52-22-9-10-31-56-52)57-51-21-8-4-14-44(46)51;40-36(41,38(44,45)46)37(42,43)39(47,48)52(49,50)51-25-19-18-22-20-24(17-16-23(22)21-25)26-11-7-15-33-34(26)29-10-3-6-14-32(29)35(33)30-12-4-1-8-27(30)28-9-2-5-13-31(28)35;1-25(2)26(3,4)31-27(30-25)19-14-12-18(13-15-19)21-17-24(23-11-7-8-16-28-23)29-22-10-6-5-9-20(21)22/h1-34H;1-21H;5-17H,1-4H3. The number of halogens is 9. The molecule has 1 aliphatic heterocycles. The van der Waals surface area contributed by atoms with Gasteiger partial charge in [0.05, 0.1) is 55.8 Å². The first-order valence-electron chi connectivity index (χ1n) is 45.8. The van der Waals surface area contributed by atoms with E-state index in [1.807, 2.05) is 121 Å². The molecule has 5 aliphatic rings. The van der Waals surface area contributed by atoms with Gasteiger partial charge in [-0.1, -0.05) is 322 Å². The van der Waals surface area contributed by atoms with Crippen LogP contribution in [-0.4, -0.2) is 70.0 Å². The third-order valence-corrected chi connectivity index (χ3v) is 29.8. The number of hydrogen-bond donors (Lipinski definition) is 0. The smallest absolute Gasteiger partial charge is 0.399 e. The first-order valence-corrected chi connectivity index (χ1v) is 47.2. The Kier molecular flexibility index (Phi) is 20.8. The Bertz CT molecular complexity index is 8450. The maximum atomic E-state index is 14.3. The van der Waals surface area contributed by atoms with Gasteiger partial charge in [0.1, 0.15) is 5.75 Å². The van der Waals surface area contributed by atoms with Crippen LogP contribution in [0.4, 0.5) is 39.5 Å². The lowest BCUT2D eigenvalue weighted by Gasteiger charge is -2.32. The van der Waals surface area contributed by atoms with Gasteiger partial charge in [0, 0.05) is 23.2 Å². The van der Waals surface area contributed by atoms with Crippen LogP contribution in [0.5, 0.6) is 5.75 Å². The third kappa shape index (κ3) is 13.9. The number of pyridine rings is 4. The molecule has 20 aromatic rings. The van der Waals surface area contributed by atoms with Crippen molar-refractivity contribution >= 4 is 66.1 Å². The van der Waals surface area contributed by atoms with Crippen molar-refractivity contribution in [1.82, 2.24) is 19.9 Å². The zero-order valence-electron chi connectivity index (χ0n) is 75.5. The number of alkyl halides is 9. The summed E-state index contributed by atoms with van der Waals surface area (Å²) in [6, 6.07) is 136. The Balaban J connectivity index is 0.000000122. The molecule has 1 saturated heterocycles. The largest absolute Gasteiger partial charge is 0.494 e. The van der Waals surface area contributed by atoms with Crippen LogP contribution in [0.25, 0.3) is 166 Å². The number of rotatable bonds is 13. The lowest BCUT2D eigenvalue weighted by molar-refractivity contribution is -0.382. The summed E-state index contributed by atoms with van der Waals surface area (Å²) < 4.78 is 161. The summed E-state index contributed by atoms with van der Waals surface area (Å²) in [7, 11) is -7.45. The van der Waals surface area contributed by atoms with E-state index < -0.39 is 44.6 Å². The molecule has 0 N–H and O–H groups in total. The normalized spacial score (nSPS) is 14.7. The topological polar surface area (TPSA) is 113 Å². The van der Waals surface area contributed by atoms with Gasteiger partial charge in [-0.05, 0) is 278 Å². The average molecular weight is 1870 g/mol. The summed E-state index contributed by atoms with van der Waals surface area (Å²) in [4.78, 5) is 18.9.